The van der Waals surface area contributed by atoms with Crippen molar-refractivity contribution in [2.24, 2.45) is 0 Å². The fourth-order valence-electron chi connectivity index (χ4n) is 0.930. The fourth-order valence-corrected chi connectivity index (χ4v) is 2.38. The van der Waals surface area contributed by atoms with Crippen molar-refractivity contribution in [3.63, 3.8) is 0 Å². The number of hydrogen-bond donors (Lipinski definition) is 1. The first kappa shape index (κ1) is 7.06. The molecule has 0 aliphatic heterocycles. The summed E-state index contributed by atoms with van der Waals surface area (Å²) in [7, 11) is 0. The van der Waals surface area contributed by atoms with E-state index in [0.29, 0.717) is 0 Å². The van der Waals surface area contributed by atoms with Crippen LogP contribution in [0.25, 0.3) is 10.2 Å². The summed E-state index contributed by atoms with van der Waals surface area (Å²) < 4.78 is 1.07. The highest BCUT2D eigenvalue weighted by atomic mass is 79.9. The lowest BCUT2D eigenvalue weighted by Crippen LogP contribution is -1.84. The summed E-state index contributed by atoms with van der Waals surface area (Å²) in [6, 6.07) is 3.80. The number of rotatable bonds is 0. The number of fused-ring (bicyclic) bond motifs is 1. The average molecular weight is 229 g/mol. The van der Waals surface area contributed by atoms with E-state index in [1.807, 2.05) is 12.1 Å². The Kier molecular flexibility index (Phi) is 1.58. The van der Waals surface area contributed by atoms with Gasteiger partial charge in [0.25, 0.3) is 0 Å². The van der Waals surface area contributed by atoms with Crippen LogP contribution in [0.1, 0.15) is 0 Å². The second-order valence-corrected chi connectivity index (χ2v) is 4.58. The lowest BCUT2D eigenvalue weighted by molar-refractivity contribution is 1.45. The number of aromatic nitrogens is 1. The van der Waals surface area contributed by atoms with E-state index in [2.05, 4.69) is 20.9 Å². The quantitative estimate of drug-likeness (QED) is 0.754. The molecule has 0 aliphatic carbocycles. The predicted octanol–water partition coefficient (Wildman–Crippen LogP) is 2.64. The molecule has 2 N–H and O–H groups in total. The molecule has 4 heteroatoms. The second kappa shape index (κ2) is 2.46. The minimum absolute atomic E-state index is 0.789. The minimum Gasteiger partial charge on any atom is -0.398 e. The van der Waals surface area contributed by atoms with Gasteiger partial charge < -0.3 is 5.73 Å². The Morgan fingerprint density at radius 3 is 3.09 bits per heavy atom. The first-order chi connectivity index (χ1) is 5.27. The molecule has 2 nitrogen and oxygen atoms in total. The van der Waals surface area contributed by atoms with Gasteiger partial charge in [0.05, 0.1) is 3.79 Å². The Hall–Kier alpha value is -0.610. The summed E-state index contributed by atoms with van der Waals surface area (Å²) in [5, 5.41) is 1.03. The van der Waals surface area contributed by atoms with Gasteiger partial charge in [-0.3, -0.25) is 0 Å². The molecule has 0 amide bonds. The molecular weight excluding hydrogens is 224 g/mol. The predicted molar refractivity (Wildman–Crippen MR) is 51.7 cm³/mol. The number of pyridine rings is 1. The Balaban J connectivity index is 2.90. The van der Waals surface area contributed by atoms with E-state index in [4.69, 9.17) is 5.73 Å². The van der Waals surface area contributed by atoms with E-state index in [9.17, 15) is 0 Å². The van der Waals surface area contributed by atoms with Crippen LogP contribution < -0.4 is 5.73 Å². The zero-order valence-corrected chi connectivity index (χ0v) is 7.95. The van der Waals surface area contributed by atoms with Crippen molar-refractivity contribution in [1.82, 2.24) is 4.98 Å². The van der Waals surface area contributed by atoms with Gasteiger partial charge in [0, 0.05) is 17.3 Å². The van der Waals surface area contributed by atoms with Crippen molar-refractivity contribution >= 4 is 43.2 Å². The third-order valence-corrected chi connectivity index (χ3v) is 2.99. The molecular formula is C7H5BrN2S. The normalized spacial score (nSPS) is 10.6. The van der Waals surface area contributed by atoms with Crippen LogP contribution >= 0.6 is 27.3 Å². The standard InChI is InChI=1S/C7H5BrN2S/c8-6-3-4-5(9)1-2-10-7(4)11-6/h1-3H,(H2,9,10). The molecule has 11 heavy (non-hydrogen) atoms. The second-order valence-electron chi connectivity index (χ2n) is 2.17. The van der Waals surface area contributed by atoms with Crippen molar-refractivity contribution in [2.45, 2.75) is 0 Å². The highest BCUT2D eigenvalue weighted by molar-refractivity contribution is 9.11. The lowest BCUT2D eigenvalue weighted by Gasteiger charge is -1.91. The number of hydrogen-bond acceptors (Lipinski definition) is 3. The number of thiophene rings is 1. The van der Waals surface area contributed by atoms with Gasteiger partial charge >= 0.3 is 0 Å². The number of nitrogens with zero attached hydrogens (tertiary/aromatic N) is 1. The first-order valence-electron chi connectivity index (χ1n) is 3.07. The summed E-state index contributed by atoms with van der Waals surface area (Å²) in [6.45, 7) is 0. The maximum atomic E-state index is 5.72. The van der Waals surface area contributed by atoms with Gasteiger partial charge in [-0.05, 0) is 28.1 Å². The van der Waals surface area contributed by atoms with E-state index in [0.717, 1.165) is 19.7 Å². The summed E-state index contributed by atoms with van der Waals surface area (Å²) >= 11 is 4.97. The average Bonchev–Trinajstić information content (AvgIpc) is 2.31. The number of halogens is 1. The molecule has 0 bridgehead atoms. The Morgan fingerprint density at radius 2 is 2.36 bits per heavy atom. The van der Waals surface area contributed by atoms with Crippen molar-refractivity contribution in [1.29, 1.82) is 0 Å². The monoisotopic (exact) mass is 228 g/mol. The molecule has 0 spiro atoms. The molecule has 2 aromatic heterocycles. The number of nitrogen functional groups attached to an aromatic ring is 1. The molecule has 0 atom stereocenters. The van der Waals surface area contributed by atoms with E-state index in [1.165, 1.54) is 0 Å². The molecule has 56 valence electrons. The maximum Gasteiger partial charge on any atom is 0.126 e. The van der Waals surface area contributed by atoms with Crippen LogP contribution in [0, 0.1) is 0 Å². The van der Waals surface area contributed by atoms with E-state index < -0.39 is 0 Å². The van der Waals surface area contributed by atoms with Crippen molar-refractivity contribution < 1.29 is 0 Å². The molecule has 0 aromatic carbocycles. The van der Waals surface area contributed by atoms with Crippen LogP contribution in [-0.2, 0) is 0 Å². The van der Waals surface area contributed by atoms with Crippen LogP contribution in [0.2, 0.25) is 0 Å². The van der Waals surface area contributed by atoms with Gasteiger partial charge in [-0.2, -0.15) is 0 Å². The zero-order chi connectivity index (χ0) is 7.84. The molecule has 2 rings (SSSR count). The van der Waals surface area contributed by atoms with Crippen LogP contribution in [0.4, 0.5) is 5.69 Å². The van der Waals surface area contributed by atoms with Crippen LogP contribution in [0.3, 0.4) is 0 Å². The molecule has 0 saturated heterocycles. The summed E-state index contributed by atoms with van der Waals surface area (Å²) in [4.78, 5) is 5.15. The van der Waals surface area contributed by atoms with Crippen LogP contribution in [-0.4, -0.2) is 4.98 Å². The molecule has 0 fully saturated rings. The Bertz CT molecular complexity index is 396. The summed E-state index contributed by atoms with van der Waals surface area (Å²) in [6.07, 6.45) is 1.72. The van der Waals surface area contributed by atoms with Crippen molar-refractivity contribution in [3.8, 4) is 0 Å². The Morgan fingerprint density at radius 1 is 1.55 bits per heavy atom. The maximum absolute atomic E-state index is 5.72. The van der Waals surface area contributed by atoms with Gasteiger partial charge in [-0.25, -0.2) is 4.98 Å². The summed E-state index contributed by atoms with van der Waals surface area (Å²) in [5.41, 5.74) is 6.50. The van der Waals surface area contributed by atoms with Gasteiger partial charge in [-0.15, -0.1) is 11.3 Å². The number of anilines is 1. The molecule has 0 saturated carbocycles. The van der Waals surface area contributed by atoms with Crippen LogP contribution in [0.15, 0.2) is 22.1 Å². The van der Waals surface area contributed by atoms with Gasteiger partial charge in [-0.1, -0.05) is 0 Å². The highest BCUT2D eigenvalue weighted by Crippen LogP contribution is 2.30. The van der Waals surface area contributed by atoms with E-state index in [1.54, 1.807) is 17.5 Å². The topological polar surface area (TPSA) is 38.9 Å². The van der Waals surface area contributed by atoms with Crippen molar-refractivity contribution in [2.75, 3.05) is 5.73 Å². The minimum atomic E-state index is 0.789. The van der Waals surface area contributed by atoms with E-state index >= 15 is 0 Å². The Labute approximate surface area is 76.2 Å². The number of nitrogens with two attached hydrogens (primary N) is 1. The molecule has 0 unspecified atom stereocenters. The first-order valence-corrected chi connectivity index (χ1v) is 4.68. The summed E-state index contributed by atoms with van der Waals surface area (Å²) in [5.74, 6) is 0. The fraction of sp³-hybridized carbons (Fsp3) is 0. The van der Waals surface area contributed by atoms with Gasteiger partial charge in [0.2, 0.25) is 0 Å². The van der Waals surface area contributed by atoms with Crippen molar-refractivity contribution in [3.05, 3.63) is 22.1 Å². The third kappa shape index (κ3) is 1.12. The molecule has 2 aromatic rings. The molecule has 0 radical (unpaired) electrons. The molecule has 2 heterocycles. The van der Waals surface area contributed by atoms with Gasteiger partial charge in [0.15, 0.2) is 0 Å². The SMILES string of the molecule is Nc1ccnc2sc(Br)cc12. The van der Waals surface area contributed by atoms with Crippen LogP contribution in [0.5, 0.6) is 0 Å². The highest BCUT2D eigenvalue weighted by Gasteiger charge is 2.01. The van der Waals surface area contributed by atoms with Gasteiger partial charge in [0.1, 0.15) is 4.83 Å². The third-order valence-electron chi connectivity index (χ3n) is 1.44. The molecule has 0 aliphatic rings. The van der Waals surface area contributed by atoms with E-state index in [-0.39, 0.29) is 0 Å². The lowest BCUT2D eigenvalue weighted by atomic mass is 10.3. The largest absolute Gasteiger partial charge is 0.398 e. The zero-order valence-electron chi connectivity index (χ0n) is 5.54. The smallest absolute Gasteiger partial charge is 0.126 e.